The Morgan fingerprint density at radius 3 is 2.55 bits per heavy atom. The maximum Gasteiger partial charge on any atom is 0.0595 e. The number of fused-ring (bicyclic) bond motifs is 1. The number of benzene rings is 2. The van der Waals surface area contributed by atoms with Gasteiger partial charge in [0.25, 0.3) is 0 Å². The maximum absolute atomic E-state index is 6.22. The number of allylic oxidation sites excluding steroid dienone is 1. The summed E-state index contributed by atoms with van der Waals surface area (Å²) >= 11 is 12.2. The second kappa shape index (κ2) is 5.16. The van der Waals surface area contributed by atoms with Crippen LogP contribution in [0.5, 0.6) is 0 Å². The summed E-state index contributed by atoms with van der Waals surface area (Å²) in [6.07, 6.45) is 0.917. The summed E-state index contributed by atoms with van der Waals surface area (Å²) in [5, 5.41) is 1.19. The van der Waals surface area contributed by atoms with Crippen LogP contribution in [0.15, 0.2) is 48.0 Å². The monoisotopic (exact) mass is 303 g/mol. The molecule has 3 heteroatoms. The first-order valence-corrected chi connectivity index (χ1v) is 7.33. The minimum absolute atomic E-state index is 0.285. The molecule has 0 amide bonds. The number of nitrogens with two attached hydrogens (primary N) is 1. The van der Waals surface area contributed by atoms with Crippen molar-refractivity contribution >= 4 is 28.9 Å². The number of halogens is 2. The van der Waals surface area contributed by atoms with Crippen molar-refractivity contribution in [1.29, 1.82) is 0 Å². The van der Waals surface area contributed by atoms with E-state index in [1.165, 1.54) is 16.7 Å². The van der Waals surface area contributed by atoms with Gasteiger partial charge in [0.2, 0.25) is 0 Å². The molecule has 0 saturated heterocycles. The second-order valence-corrected chi connectivity index (χ2v) is 6.03. The summed E-state index contributed by atoms with van der Waals surface area (Å²) < 4.78 is 0. The molecule has 1 unspecified atom stereocenters. The summed E-state index contributed by atoms with van der Waals surface area (Å²) in [6, 6.07) is 14.2. The third-order valence-electron chi connectivity index (χ3n) is 3.94. The lowest BCUT2D eigenvalue weighted by Gasteiger charge is -2.27. The molecule has 0 spiro atoms. The lowest BCUT2D eigenvalue weighted by atomic mass is 9.78. The van der Waals surface area contributed by atoms with Crippen LogP contribution in [0.4, 0.5) is 0 Å². The smallest absolute Gasteiger partial charge is 0.0595 e. The van der Waals surface area contributed by atoms with Gasteiger partial charge in [-0.15, -0.1) is 0 Å². The first-order valence-electron chi connectivity index (χ1n) is 6.57. The van der Waals surface area contributed by atoms with Crippen LogP contribution in [0, 0.1) is 0 Å². The molecule has 0 aromatic heterocycles. The molecule has 2 aromatic rings. The van der Waals surface area contributed by atoms with E-state index in [1.54, 1.807) is 0 Å². The Labute approximate surface area is 129 Å². The molecular formula is C17H15Cl2N. The van der Waals surface area contributed by atoms with Crippen molar-refractivity contribution in [3.05, 3.63) is 74.8 Å². The molecule has 1 atom stereocenters. The summed E-state index contributed by atoms with van der Waals surface area (Å²) in [5.74, 6) is 0.285. The fourth-order valence-electron chi connectivity index (χ4n) is 2.83. The van der Waals surface area contributed by atoms with E-state index < -0.39 is 0 Å². The molecule has 3 rings (SSSR count). The van der Waals surface area contributed by atoms with E-state index in [9.17, 15) is 0 Å². The van der Waals surface area contributed by atoms with Crippen molar-refractivity contribution in [3.8, 4) is 0 Å². The Bertz CT molecular complexity index is 704. The van der Waals surface area contributed by atoms with E-state index in [4.69, 9.17) is 28.9 Å². The predicted molar refractivity (Wildman–Crippen MR) is 86.1 cm³/mol. The largest absolute Gasteiger partial charge is 0.398 e. The van der Waals surface area contributed by atoms with Crippen LogP contribution in [-0.2, 0) is 0 Å². The van der Waals surface area contributed by atoms with E-state index >= 15 is 0 Å². The van der Waals surface area contributed by atoms with Gasteiger partial charge in [-0.3, -0.25) is 0 Å². The molecule has 20 heavy (non-hydrogen) atoms. The van der Waals surface area contributed by atoms with E-state index in [0.717, 1.165) is 17.7 Å². The van der Waals surface area contributed by atoms with Crippen molar-refractivity contribution in [2.45, 2.75) is 19.3 Å². The van der Waals surface area contributed by atoms with E-state index in [2.05, 4.69) is 25.1 Å². The molecule has 0 fully saturated rings. The lowest BCUT2D eigenvalue weighted by molar-refractivity contribution is 0.778. The average Bonchev–Trinajstić information content (AvgIpc) is 2.46. The fraction of sp³-hybridized carbons (Fsp3) is 0.176. The molecule has 0 aliphatic heterocycles. The number of hydrogen-bond acceptors (Lipinski definition) is 1. The predicted octanol–water partition coefficient (Wildman–Crippen LogP) is 5.22. The highest BCUT2D eigenvalue weighted by Gasteiger charge is 2.24. The lowest BCUT2D eigenvalue weighted by Crippen LogP contribution is -2.15. The number of rotatable bonds is 1. The third kappa shape index (κ3) is 2.21. The van der Waals surface area contributed by atoms with Gasteiger partial charge in [-0.2, -0.15) is 0 Å². The zero-order chi connectivity index (χ0) is 14.3. The van der Waals surface area contributed by atoms with Crippen molar-refractivity contribution in [3.63, 3.8) is 0 Å². The Kier molecular flexibility index (Phi) is 3.49. The zero-order valence-corrected chi connectivity index (χ0v) is 12.7. The summed E-state index contributed by atoms with van der Waals surface area (Å²) in [5.41, 5.74) is 11.9. The van der Waals surface area contributed by atoms with Crippen LogP contribution < -0.4 is 5.73 Å². The van der Waals surface area contributed by atoms with Gasteiger partial charge in [0.15, 0.2) is 0 Å². The Hall–Kier alpha value is -1.44. The summed E-state index contributed by atoms with van der Waals surface area (Å²) in [7, 11) is 0. The summed E-state index contributed by atoms with van der Waals surface area (Å²) in [6.45, 7) is 2.09. The number of hydrogen-bond donors (Lipinski definition) is 1. The minimum atomic E-state index is 0.285. The Balaban J connectivity index is 2.14. The van der Waals surface area contributed by atoms with Crippen LogP contribution in [0.2, 0.25) is 10.0 Å². The topological polar surface area (TPSA) is 26.0 Å². The SMILES string of the molecule is CC1=C(N)c2ccccc2C(c2ccc(Cl)c(Cl)c2)C1. The second-order valence-electron chi connectivity index (χ2n) is 5.21. The highest BCUT2D eigenvalue weighted by atomic mass is 35.5. The quantitative estimate of drug-likeness (QED) is 0.768. The van der Waals surface area contributed by atoms with E-state index in [-0.39, 0.29) is 5.92 Å². The van der Waals surface area contributed by atoms with Crippen LogP contribution in [0.1, 0.15) is 36.0 Å². The molecule has 2 aromatic carbocycles. The van der Waals surface area contributed by atoms with Crippen molar-refractivity contribution in [1.82, 2.24) is 0 Å². The van der Waals surface area contributed by atoms with Crippen molar-refractivity contribution in [2.24, 2.45) is 5.73 Å². The van der Waals surface area contributed by atoms with Crippen LogP contribution in [0.25, 0.3) is 5.70 Å². The normalized spacial score (nSPS) is 18.1. The molecule has 2 N–H and O–H groups in total. The van der Waals surface area contributed by atoms with Gasteiger partial charge in [-0.1, -0.05) is 53.5 Å². The average molecular weight is 304 g/mol. The van der Waals surface area contributed by atoms with E-state index in [1.807, 2.05) is 24.3 Å². The molecule has 1 aliphatic rings. The standard InChI is InChI=1S/C17H15Cl2N/c1-10-8-14(11-6-7-15(18)16(19)9-11)12-4-2-3-5-13(12)17(10)20/h2-7,9,14H,8,20H2,1H3. The highest BCUT2D eigenvalue weighted by molar-refractivity contribution is 6.42. The highest BCUT2D eigenvalue weighted by Crippen LogP contribution is 2.41. The van der Waals surface area contributed by atoms with Gasteiger partial charge in [-0.05, 0) is 42.2 Å². The molecular weight excluding hydrogens is 289 g/mol. The fourth-order valence-corrected chi connectivity index (χ4v) is 3.14. The molecule has 1 nitrogen and oxygen atoms in total. The first kappa shape index (κ1) is 13.5. The Morgan fingerprint density at radius 1 is 1.05 bits per heavy atom. The first-order chi connectivity index (χ1) is 9.58. The van der Waals surface area contributed by atoms with Crippen molar-refractivity contribution in [2.75, 3.05) is 0 Å². The zero-order valence-electron chi connectivity index (χ0n) is 11.2. The molecule has 0 saturated carbocycles. The molecule has 0 radical (unpaired) electrons. The molecule has 102 valence electrons. The van der Waals surface area contributed by atoms with Gasteiger partial charge >= 0.3 is 0 Å². The van der Waals surface area contributed by atoms with Gasteiger partial charge in [0.1, 0.15) is 0 Å². The van der Waals surface area contributed by atoms with Crippen LogP contribution in [-0.4, -0.2) is 0 Å². The van der Waals surface area contributed by atoms with E-state index in [0.29, 0.717) is 10.0 Å². The van der Waals surface area contributed by atoms with Gasteiger partial charge < -0.3 is 5.73 Å². The molecule has 0 bridgehead atoms. The molecule has 0 heterocycles. The third-order valence-corrected chi connectivity index (χ3v) is 4.68. The van der Waals surface area contributed by atoms with Crippen molar-refractivity contribution < 1.29 is 0 Å². The maximum atomic E-state index is 6.22. The molecule has 1 aliphatic carbocycles. The van der Waals surface area contributed by atoms with Gasteiger partial charge in [-0.25, -0.2) is 0 Å². The Morgan fingerprint density at radius 2 is 1.80 bits per heavy atom. The van der Waals surface area contributed by atoms with Gasteiger partial charge in [0.05, 0.1) is 10.0 Å². The van der Waals surface area contributed by atoms with Gasteiger partial charge in [0, 0.05) is 17.2 Å². The van der Waals surface area contributed by atoms with Crippen LogP contribution >= 0.6 is 23.2 Å². The minimum Gasteiger partial charge on any atom is -0.398 e. The van der Waals surface area contributed by atoms with Crippen LogP contribution in [0.3, 0.4) is 0 Å². The summed E-state index contributed by atoms with van der Waals surface area (Å²) in [4.78, 5) is 0.